The number of hydrogen-bond donors (Lipinski definition) is 1. The molecule has 0 saturated heterocycles. The molecule has 0 bridgehead atoms. The summed E-state index contributed by atoms with van der Waals surface area (Å²) < 4.78 is 0. The highest BCUT2D eigenvalue weighted by Gasteiger charge is 2.03. The zero-order valence-corrected chi connectivity index (χ0v) is 7.46. The van der Waals surface area contributed by atoms with Crippen LogP contribution in [0.5, 0.6) is 0 Å². The van der Waals surface area contributed by atoms with E-state index in [1.54, 1.807) is 12.1 Å². The molecular formula is C9H10N2O3. The van der Waals surface area contributed by atoms with Gasteiger partial charge in [0.05, 0.1) is 18.1 Å². The second kappa shape index (κ2) is 5.08. The number of nitro groups is 1. The molecular weight excluding hydrogens is 184 g/mol. The van der Waals surface area contributed by atoms with Gasteiger partial charge in [0.15, 0.2) is 0 Å². The van der Waals surface area contributed by atoms with E-state index in [1.807, 2.05) is 0 Å². The standard InChI is InChI=1S/C9H10N2O3/c12-5-4-10-7-8-2-1-3-9(6-8)11(13)14/h1-3,6-7,12H,4-5H2. The molecule has 74 valence electrons. The highest BCUT2D eigenvalue weighted by atomic mass is 16.6. The molecule has 0 heterocycles. The van der Waals surface area contributed by atoms with E-state index >= 15 is 0 Å². The number of aliphatic imine (C=N–C) groups is 1. The van der Waals surface area contributed by atoms with Gasteiger partial charge in [-0.2, -0.15) is 0 Å². The summed E-state index contributed by atoms with van der Waals surface area (Å²) in [5.41, 5.74) is 0.700. The van der Waals surface area contributed by atoms with E-state index in [9.17, 15) is 10.1 Å². The van der Waals surface area contributed by atoms with Crippen LogP contribution in [0.25, 0.3) is 0 Å². The Hall–Kier alpha value is -1.75. The Balaban J connectivity index is 2.78. The number of aliphatic hydroxyl groups excluding tert-OH is 1. The quantitative estimate of drug-likeness (QED) is 0.441. The second-order valence-corrected chi connectivity index (χ2v) is 2.61. The number of nitrogens with zero attached hydrogens (tertiary/aromatic N) is 2. The third kappa shape index (κ3) is 2.95. The van der Waals surface area contributed by atoms with Crippen molar-refractivity contribution < 1.29 is 10.0 Å². The van der Waals surface area contributed by atoms with E-state index in [0.29, 0.717) is 12.1 Å². The van der Waals surface area contributed by atoms with Gasteiger partial charge in [0.25, 0.3) is 5.69 Å². The predicted octanol–water partition coefficient (Wildman–Crippen LogP) is 1.01. The summed E-state index contributed by atoms with van der Waals surface area (Å²) in [6, 6.07) is 6.16. The highest BCUT2D eigenvalue weighted by Crippen LogP contribution is 2.11. The lowest BCUT2D eigenvalue weighted by Gasteiger charge is -1.93. The van der Waals surface area contributed by atoms with Gasteiger partial charge >= 0.3 is 0 Å². The third-order valence-corrected chi connectivity index (χ3v) is 1.55. The van der Waals surface area contributed by atoms with E-state index < -0.39 is 4.92 Å². The summed E-state index contributed by atoms with van der Waals surface area (Å²) in [5.74, 6) is 0. The molecule has 0 aliphatic carbocycles. The predicted molar refractivity (Wildman–Crippen MR) is 52.6 cm³/mol. The molecule has 1 aromatic rings. The lowest BCUT2D eigenvalue weighted by Crippen LogP contribution is -1.91. The first kappa shape index (κ1) is 10.3. The average Bonchev–Trinajstić information content (AvgIpc) is 2.19. The van der Waals surface area contributed by atoms with E-state index in [-0.39, 0.29) is 12.3 Å². The molecule has 5 heteroatoms. The van der Waals surface area contributed by atoms with Crippen LogP contribution in [-0.2, 0) is 0 Å². The van der Waals surface area contributed by atoms with Gasteiger partial charge in [-0.3, -0.25) is 15.1 Å². The van der Waals surface area contributed by atoms with Crippen molar-refractivity contribution in [1.29, 1.82) is 0 Å². The molecule has 1 rings (SSSR count). The smallest absolute Gasteiger partial charge is 0.270 e. The summed E-state index contributed by atoms with van der Waals surface area (Å²) in [7, 11) is 0. The Bertz CT molecular complexity index is 350. The lowest BCUT2D eigenvalue weighted by molar-refractivity contribution is -0.384. The molecule has 0 radical (unpaired) electrons. The second-order valence-electron chi connectivity index (χ2n) is 2.61. The molecule has 0 atom stereocenters. The van der Waals surface area contributed by atoms with Crippen LogP contribution in [-0.4, -0.2) is 29.4 Å². The maximum absolute atomic E-state index is 10.4. The van der Waals surface area contributed by atoms with Crippen LogP contribution >= 0.6 is 0 Å². The van der Waals surface area contributed by atoms with Gasteiger partial charge in [-0.15, -0.1) is 0 Å². The first-order valence-electron chi connectivity index (χ1n) is 4.09. The zero-order chi connectivity index (χ0) is 10.4. The topological polar surface area (TPSA) is 75.7 Å². The number of nitro benzene ring substituents is 1. The van der Waals surface area contributed by atoms with Crippen molar-refractivity contribution in [3.8, 4) is 0 Å². The van der Waals surface area contributed by atoms with Gasteiger partial charge < -0.3 is 5.11 Å². The molecule has 0 aliphatic rings. The van der Waals surface area contributed by atoms with Gasteiger partial charge in [-0.05, 0) is 5.56 Å². The summed E-state index contributed by atoms with van der Waals surface area (Å²) in [5, 5.41) is 18.9. The molecule has 1 aromatic carbocycles. The normalized spacial score (nSPS) is 10.6. The van der Waals surface area contributed by atoms with Crippen molar-refractivity contribution in [3.63, 3.8) is 0 Å². The molecule has 1 N–H and O–H groups in total. The van der Waals surface area contributed by atoms with E-state index in [0.717, 1.165) is 0 Å². The third-order valence-electron chi connectivity index (χ3n) is 1.55. The summed E-state index contributed by atoms with van der Waals surface area (Å²) >= 11 is 0. The molecule has 14 heavy (non-hydrogen) atoms. The van der Waals surface area contributed by atoms with Crippen LogP contribution in [0, 0.1) is 10.1 Å². The van der Waals surface area contributed by atoms with Gasteiger partial charge in [-0.25, -0.2) is 0 Å². The van der Waals surface area contributed by atoms with Crippen molar-refractivity contribution in [3.05, 3.63) is 39.9 Å². The van der Waals surface area contributed by atoms with Crippen LogP contribution in [0.2, 0.25) is 0 Å². The number of benzene rings is 1. The summed E-state index contributed by atoms with van der Waals surface area (Å²) in [6.45, 7) is 0.286. The van der Waals surface area contributed by atoms with Crippen molar-refractivity contribution in [2.75, 3.05) is 13.2 Å². The van der Waals surface area contributed by atoms with Crippen LogP contribution in [0.1, 0.15) is 5.56 Å². The van der Waals surface area contributed by atoms with Crippen molar-refractivity contribution in [1.82, 2.24) is 0 Å². The molecule has 0 saturated carbocycles. The maximum atomic E-state index is 10.4. The minimum atomic E-state index is -0.455. The van der Waals surface area contributed by atoms with Crippen LogP contribution in [0.15, 0.2) is 29.3 Å². The summed E-state index contributed by atoms with van der Waals surface area (Å²) in [6.07, 6.45) is 1.50. The van der Waals surface area contributed by atoms with Crippen molar-refractivity contribution in [2.24, 2.45) is 4.99 Å². The monoisotopic (exact) mass is 194 g/mol. The number of aliphatic hydroxyl groups is 1. The molecule has 0 aliphatic heterocycles. The fourth-order valence-electron chi connectivity index (χ4n) is 0.946. The van der Waals surface area contributed by atoms with Crippen LogP contribution < -0.4 is 0 Å². The van der Waals surface area contributed by atoms with Gasteiger partial charge in [0, 0.05) is 18.3 Å². The molecule has 0 spiro atoms. The molecule has 0 unspecified atom stereocenters. The molecule has 0 amide bonds. The van der Waals surface area contributed by atoms with Gasteiger partial charge in [0.2, 0.25) is 0 Å². The van der Waals surface area contributed by atoms with Crippen molar-refractivity contribution in [2.45, 2.75) is 0 Å². The number of non-ortho nitro benzene ring substituents is 1. The first-order chi connectivity index (χ1) is 6.74. The Morgan fingerprint density at radius 3 is 3.00 bits per heavy atom. The van der Waals surface area contributed by atoms with Crippen LogP contribution in [0.3, 0.4) is 0 Å². The number of rotatable bonds is 4. The minimum absolute atomic E-state index is 0.0224. The molecule has 0 aromatic heterocycles. The minimum Gasteiger partial charge on any atom is -0.394 e. The van der Waals surface area contributed by atoms with Gasteiger partial charge in [-0.1, -0.05) is 12.1 Å². The zero-order valence-electron chi connectivity index (χ0n) is 7.46. The first-order valence-corrected chi connectivity index (χ1v) is 4.09. The van der Waals surface area contributed by atoms with E-state index in [4.69, 9.17) is 5.11 Å². The molecule has 5 nitrogen and oxygen atoms in total. The van der Waals surface area contributed by atoms with Crippen LogP contribution in [0.4, 0.5) is 5.69 Å². The van der Waals surface area contributed by atoms with E-state index in [1.165, 1.54) is 18.3 Å². The Kier molecular flexibility index (Phi) is 3.75. The highest BCUT2D eigenvalue weighted by molar-refractivity contribution is 5.80. The fraction of sp³-hybridized carbons (Fsp3) is 0.222. The molecule has 0 fully saturated rings. The largest absolute Gasteiger partial charge is 0.394 e. The Morgan fingerprint density at radius 1 is 1.57 bits per heavy atom. The van der Waals surface area contributed by atoms with Gasteiger partial charge in [0.1, 0.15) is 0 Å². The lowest BCUT2D eigenvalue weighted by atomic mass is 10.2. The Morgan fingerprint density at radius 2 is 2.36 bits per heavy atom. The summed E-state index contributed by atoms with van der Waals surface area (Å²) in [4.78, 5) is 13.8. The fourth-order valence-corrected chi connectivity index (χ4v) is 0.946. The maximum Gasteiger partial charge on any atom is 0.270 e. The van der Waals surface area contributed by atoms with E-state index in [2.05, 4.69) is 4.99 Å². The Labute approximate surface area is 80.9 Å². The number of hydrogen-bond acceptors (Lipinski definition) is 4. The average molecular weight is 194 g/mol. The SMILES string of the molecule is O=[N+]([O-])c1cccc(C=NCCO)c1. The van der Waals surface area contributed by atoms with Crippen molar-refractivity contribution >= 4 is 11.9 Å².